The van der Waals surface area contributed by atoms with E-state index in [0.29, 0.717) is 43.3 Å². The molecule has 0 unspecified atom stereocenters. The lowest BCUT2D eigenvalue weighted by Crippen LogP contribution is -2.55. The van der Waals surface area contributed by atoms with Crippen LogP contribution in [0.5, 0.6) is 0 Å². The monoisotopic (exact) mass is 937 g/mol. The Morgan fingerprint density at radius 1 is 0.838 bits per heavy atom. The van der Waals surface area contributed by atoms with Crippen LogP contribution < -0.4 is 21.1 Å². The molecule has 14 nitrogen and oxygen atoms in total. The fourth-order valence-electron chi connectivity index (χ4n) is 9.13. The molecule has 0 spiro atoms. The van der Waals surface area contributed by atoms with Gasteiger partial charge in [0.05, 0.1) is 74.8 Å². The van der Waals surface area contributed by atoms with Gasteiger partial charge in [-0.3, -0.25) is 24.1 Å². The van der Waals surface area contributed by atoms with Crippen molar-refractivity contribution in [3.8, 4) is 11.8 Å². The minimum atomic E-state index is -1.28. The van der Waals surface area contributed by atoms with Crippen LogP contribution in [0.25, 0.3) is 21.1 Å². The summed E-state index contributed by atoms with van der Waals surface area (Å²) in [4.78, 5) is 73.3. The third-order valence-electron chi connectivity index (χ3n) is 12.6. The molecule has 0 radical (unpaired) electrons. The molecule has 8 rings (SSSR count). The Kier molecular flexibility index (Phi) is 15.1. The number of hydrogen-bond donors (Lipinski definition) is 5. The molecular formula is C53H59N7O7S. The van der Waals surface area contributed by atoms with Crippen molar-refractivity contribution in [1.82, 2.24) is 30.8 Å². The Balaban J connectivity index is 0.000000203. The van der Waals surface area contributed by atoms with Crippen LogP contribution in [-0.2, 0) is 62.6 Å². The number of H-pyrrole nitrogens is 1. The number of likely N-dealkylation sites (N-methyl/N-ethyl adjacent to an activating group) is 1. The molecule has 68 heavy (non-hydrogen) atoms. The second-order valence-electron chi connectivity index (χ2n) is 19.3. The Bertz CT molecular complexity index is 2850. The predicted molar refractivity (Wildman–Crippen MR) is 261 cm³/mol. The van der Waals surface area contributed by atoms with E-state index < -0.39 is 41.1 Å². The smallest absolute Gasteiger partial charge is 0.304 e. The van der Waals surface area contributed by atoms with Gasteiger partial charge < -0.3 is 40.4 Å². The van der Waals surface area contributed by atoms with Crippen molar-refractivity contribution >= 4 is 62.1 Å². The molecular weight excluding hydrogens is 879 g/mol. The van der Waals surface area contributed by atoms with E-state index in [9.17, 15) is 34.2 Å². The van der Waals surface area contributed by atoms with Gasteiger partial charge in [-0.1, -0.05) is 78.6 Å². The number of aromatic amines is 1. The van der Waals surface area contributed by atoms with E-state index in [4.69, 9.17) is 0 Å². The fourth-order valence-corrected chi connectivity index (χ4v) is 10.1. The molecule has 2 aliphatic carbocycles. The van der Waals surface area contributed by atoms with Crippen molar-refractivity contribution in [3.63, 3.8) is 0 Å². The molecule has 3 amide bonds. The fraction of sp³-hybridized carbons (Fsp3) is 0.358. The van der Waals surface area contributed by atoms with E-state index in [0.717, 1.165) is 66.1 Å². The molecule has 1 atom stereocenters. The number of benzene rings is 4. The third kappa shape index (κ3) is 12.2. The first kappa shape index (κ1) is 49.1. The van der Waals surface area contributed by atoms with Gasteiger partial charge in [-0.25, -0.2) is 4.98 Å². The van der Waals surface area contributed by atoms with Crippen molar-refractivity contribution in [2.75, 3.05) is 54.9 Å². The first-order chi connectivity index (χ1) is 32.4. The van der Waals surface area contributed by atoms with E-state index in [-0.39, 0.29) is 31.2 Å². The minimum absolute atomic E-state index is 0.192. The number of aliphatic carboxylic acids is 2. The zero-order valence-electron chi connectivity index (χ0n) is 39.2. The van der Waals surface area contributed by atoms with Crippen molar-refractivity contribution < 1.29 is 38.7 Å². The number of thiazole rings is 1. The summed E-state index contributed by atoms with van der Waals surface area (Å²) in [7, 11) is 10.1. The van der Waals surface area contributed by atoms with Gasteiger partial charge in [0.25, 0.3) is 0 Å². The number of carboxylic acid groups (broad SMARTS) is 2. The van der Waals surface area contributed by atoms with Gasteiger partial charge in [-0.05, 0) is 91.9 Å². The molecule has 2 aromatic heterocycles. The summed E-state index contributed by atoms with van der Waals surface area (Å²) in [5.74, 6) is 3.09. The van der Waals surface area contributed by atoms with Crippen molar-refractivity contribution in [1.29, 1.82) is 0 Å². The number of aromatic nitrogens is 2. The molecule has 0 bridgehead atoms. The number of carboxylic acids is 2. The first-order valence-electron chi connectivity index (χ1n) is 22.7. The summed E-state index contributed by atoms with van der Waals surface area (Å²) < 4.78 is 1.70. The largest absolute Gasteiger partial charge is 0.550 e. The van der Waals surface area contributed by atoms with E-state index in [1.165, 1.54) is 11.3 Å². The molecule has 2 heterocycles. The standard InChI is InChI=1S/C28H34N4O4.C25H25N3O3S/c1-32(2,3)13-12-29-26(35)24(14-21-18-30-23-11-7-6-10-22(21)23)31-27(36)28(17-25(33)34)15-19-8-4-5-9-20(19)16-28;1-28(2)11-5-6-17-9-10-20-21(12-17)32-22(27-20)16-26-24(31)25(15-23(29)30)13-18-7-3-4-8-19(18)14-25/h4-11,18,24,30H,12-17H2,1-3H3,(H2-,29,31,33,34,35,36);3-4,7-10,12H,11,13-16H2,1-2H3,(H,26,31)(H,29,30)/t24-;/m0./s1. The van der Waals surface area contributed by atoms with Crippen LogP contribution in [0.15, 0.2) is 97.2 Å². The Labute approximate surface area is 400 Å². The highest BCUT2D eigenvalue weighted by Crippen LogP contribution is 2.41. The average Bonchev–Trinajstić information content (AvgIpc) is 4.07. The second kappa shape index (κ2) is 21.0. The van der Waals surface area contributed by atoms with Gasteiger partial charge >= 0.3 is 5.97 Å². The van der Waals surface area contributed by atoms with Crippen molar-refractivity contribution in [2.24, 2.45) is 10.8 Å². The Hall–Kier alpha value is -6.86. The zero-order chi connectivity index (χ0) is 48.6. The lowest BCUT2D eigenvalue weighted by Gasteiger charge is -2.31. The zero-order valence-corrected chi connectivity index (χ0v) is 40.1. The van der Waals surface area contributed by atoms with Gasteiger partial charge in [0, 0.05) is 41.5 Å². The van der Waals surface area contributed by atoms with Crippen LogP contribution in [0, 0.1) is 22.7 Å². The van der Waals surface area contributed by atoms with Crippen LogP contribution in [0.2, 0.25) is 0 Å². The number of nitrogens with zero attached hydrogens (tertiary/aromatic N) is 3. The predicted octanol–water partition coefficient (Wildman–Crippen LogP) is 4.03. The lowest BCUT2D eigenvalue weighted by atomic mass is 9.80. The van der Waals surface area contributed by atoms with Crippen LogP contribution in [0.4, 0.5) is 0 Å². The van der Waals surface area contributed by atoms with Gasteiger partial charge in [-0.2, -0.15) is 0 Å². The van der Waals surface area contributed by atoms with Crippen LogP contribution in [0.3, 0.4) is 0 Å². The molecule has 0 saturated carbocycles. The van der Waals surface area contributed by atoms with Crippen LogP contribution in [-0.4, -0.2) is 115 Å². The molecule has 4 aromatic carbocycles. The maximum Gasteiger partial charge on any atom is 0.304 e. The number of nitrogens with one attached hydrogen (secondary N) is 4. The molecule has 0 saturated heterocycles. The normalized spacial score (nSPS) is 14.7. The molecule has 6 aromatic rings. The average molecular weight is 938 g/mol. The summed E-state index contributed by atoms with van der Waals surface area (Å²) >= 11 is 1.52. The molecule has 2 aliphatic rings. The van der Waals surface area contributed by atoms with Crippen molar-refractivity contribution in [2.45, 2.75) is 57.5 Å². The number of para-hydroxylation sites is 1. The van der Waals surface area contributed by atoms with Crippen molar-refractivity contribution in [3.05, 3.63) is 136 Å². The number of hydrogen-bond acceptors (Lipinski definition) is 9. The second-order valence-corrected chi connectivity index (χ2v) is 20.4. The topological polar surface area (TPSA) is 197 Å². The molecule has 15 heteroatoms. The van der Waals surface area contributed by atoms with Gasteiger partial charge in [-0.15, -0.1) is 11.3 Å². The molecule has 5 N–H and O–H groups in total. The van der Waals surface area contributed by atoms with Crippen LogP contribution >= 0.6 is 11.3 Å². The number of carbonyl (C=O) groups excluding carboxylic acids is 4. The van der Waals surface area contributed by atoms with Gasteiger partial charge in [0.15, 0.2) is 0 Å². The van der Waals surface area contributed by atoms with E-state index >= 15 is 0 Å². The van der Waals surface area contributed by atoms with E-state index in [2.05, 4.69) is 37.8 Å². The third-order valence-corrected chi connectivity index (χ3v) is 13.6. The van der Waals surface area contributed by atoms with Crippen LogP contribution in [0.1, 0.15) is 51.2 Å². The highest BCUT2D eigenvalue weighted by molar-refractivity contribution is 7.18. The summed E-state index contributed by atoms with van der Waals surface area (Å²) in [6, 6.07) is 28.2. The number of fused-ring (bicyclic) bond motifs is 4. The maximum absolute atomic E-state index is 13.7. The summed E-state index contributed by atoms with van der Waals surface area (Å²) in [6.45, 7) is 2.15. The minimum Gasteiger partial charge on any atom is -0.550 e. The highest BCUT2D eigenvalue weighted by Gasteiger charge is 2.46. The lowest BCUT2D eigenvalue weighted by molar-refractivity contribution is -0.869. The van der Waals surface area contributed by atoms with Gasteiger partial charge in [0.2, 0.25) is 17.7 Å². The molecule has 354 valence electrons. The Morgan fingerprint density at radius 3 is 2.03 bits per heavy atom. The number of carbonyl (C=O) groups is 5. The first-order valence-corrected chi connectivity index (χ1v) is 23.5. The number of quaternary nitrogens is 1. The maximum atomic E-state index is 13.7. The molecule has 0 aliphatic heterocycles. The SMILES string of the molecule is CN(C)CC#Cc1ccc2nc(CNC(=O)C3(CC(=O)O)Cc4ccccc4C3)sc2c1.C[N+](C)(C)CCNC(=O)[C@H](Cc1c[nH]c2ccccc12)NC(=O)C1(CC(=O)[O-])Cc2ccccc2C1. The quantitative estimate of drug-likeness (QED) is 0.0704. The molecule has 0 fully saturated rings. The van der Waals surface area contributed by atoms with Gasteiger partial charge in [0.1, 0.15) is 11.0 Å². The van der Waals surface area contributed by atoms with E-state index in [1.807, 2.05) is 137 Å². The van der Waals surface area contributed by atoms with E-state index in [1.54, 1.807) is 0 Å². The number of rotatable bonds is 16. The Morgan fingerprint density at radius 2 is 1.44 bits per heavy atom. The summed E-state index contributed by atoms with van der Waals surface area (Å²) in [6.07, 6.45) is 3.01. The summed E-state index contributed by atoms with van der Waals surface area (Å²) in [5, 5.41) is 31.8. The summed E-state index contributed by atoms with van der Waals surface area (Å²) in [5.41, 5.74) is 5.51. The number of amides is 3. The highest BCUT2D eigenvalue weighted by atomic mass is 32.1.